The van der Waals surface area contributed by atoms with Crippen molar-refractivity contribution in [1.29, 1.82) is 0 Å². The van der Waals surface area contributed by atoms with Gasteiger partial charge in [0.15, 0.2) is 5.96 Å². The summed E-state index contributed by atoms with van der Waals surface area (Å²) in [6.45, 7) is 4.10. The lowest BCUT2D eigenvalue weighted by molar-refractivity contribution is 0.178. The molecule has 0 rings (SSSR count). The zero-order valence-corrected chi connectivity index (χ0v) is 12.2. The summed E-state index contributed by atoms with van der Waals surface area (Å²) in [5.74, 6) is 0.770. The largest absolute Gasteiger partial charge is 0.383 e. The van der Waals surface area contributed by atoms with Gasteiger partial charge in [0.25, 0.3) is 0 Å². The van der Waals surface area contributed by atoms with E-state index in [-0.39, 0.29) is 30.0 Å². The summed E-state index contributed by atoms with van der Waals surface area (Å²) in [4.78, 5) is 4.07. The molecular formula is C9H22IN3O2. The van der Waals surface area contributed by atoms with E-state index in [1.165, 1.54) is 0 Å². The highest BCUT2D eigenvalue weighted by molar-refractivity contribution is 14.0. The van der Waals surface area contributed by atoms with E-state index in [0.29, 0.717) is 13.2 Å². The van der Waals surface area contributed by atoms with E-state index >= 15 is 0 Å². The summed E-state index contributed by atoms with van der Waals surface area (Å²) >= 11 is 0. The van der Waals surface area contributed by atoms with Crippen molar-refractivity contribution >= 4 is 29.9 Å². The number of halogens is 1. The summed E-state index contributed by atoms with van der Waals surface area (Å²) in [5, 5.41) is 6.30. The Morgan fingerprint density at radius 2 is 2.00 bits per heavy atom. The molecule has 0 aromatic heterocycles. The smallest absolute Gasteiger partial charge is 0.191 e. The van der Waals surface area contributed by atoms with Crippen molar-refractivity contribution in [1.82, 2.24) is 10.6 Å². The average molecular weight is 331 g/mol. The minimum absolute atomic E-state index is 0. The van der Waals surface area contributed by atoms with Crippen molar-refractivity contribution < 1.29 is 9.47 Å². The summed E-state index contributed by atoms with van der Waals surface area (Å²) in [5.41, 5.74) is 0. The van der Waals surface area contributed by atoms with Gasteiger partial charge in [0.1, 0.15) is 0 Å². The third-order valence-electron chi connectivity index (χ3n) is 1.62. The molecule has 6 heteroatoms. The molecule has 1 atom stereocenters. The van der Waals surface area contributed by atoms with Crippen LogP contribution in [0.3, 0.4) is 0 Å². The highest BCUT2D eigenvalue weighted by Gasteiger charge is 2.03. The van der Waals surface area contributed by atoms with Crippen LogP contribution in [0.5, 0.6) is 0 Å². The summed E-state index contributed by atoms with van der Waals surface area (Å²) in [7, 11) is 5.09. The second kappa shape index (κ2) is 12.0. The molecule has 0 amide bonds. The zero-order chi connectivity index (χ0) is 10.8. The molecule has 15 heavy (non-hydrogen) atoms. The fourth-order valence-electron chi connectivity index (χ4n) is 0.991. The lowest BCUT2D eigenvalue weighted by Gasteiger charge is -2.16. The van der Waals surface area contributed by atoms with Crippen LogP contribution < -0.4 is 10.6 Å². The fraction of sp³-hybridized carbons (Fsp3) is 0.889. The van der Waals surface area contributed by atoms with Crippen LogP contribution in [-0.2, 0) is 9.47 Å². The van der Waals surface area contributed by atoms with Crippen molar-refractivity contribution in [3.05, 3.63) is 0 Å². The molecule has 0 aromatic carbocycles. The van der Waals surface area contributed by atoms with Crippen molar-refractivity contribution in [2.45, 2.75) is 13.0 Å². The van der Waals surface area contributed by atoms with E-state index in [1.807, 2.05) is 6.92 Å². The maximum absolute atomic E-state index is 5.00. The van der Waals surface area contributed by atoms with E-state index in [0.717, 1.165) is 12.5 Å². The fourth-order valence-corrected chi connectivity index (χ4v) is 0.991. The molecule has 0 aliphatic carbocycles. The lowest BCUT2D eigenvalue weighted by Crippen LogP contribution is -2.44. The van der Waals surface area contributed by atoms with Gasteiger partial charge < -0.3 is 20.1 Å². The third-order valence-corrected chi connectivity index (χ3v) is 1.62. The number of aliphatic imine (C=N–C) groups is 1. The number of guanidine groups is 1. The van der Waals surface area contributed by atoms with E-state index in [1.54, 1.807) is 21.3 Å². The first-order chi connectivity index (χ1) is 6.74. The Morgan fingerprint density at radius 1 is 1.33 bits per heavy atom. The van der Waals surface area contributed by atoms with E-state index < -0.39 is 0 Å². The van der Waals surface area contributed by atoms with Crippen molar-refractivity contribution in [2.24, 2.45) is 4.99 Å². The maximum atomic E-state index is 5.00. The number of hydrogen-bond donors (Lipinski definition) is 2. The highest BCUT2D eigenvalue weighted by atomic mass is 127. The van der Waals surface area contributed by atoms with Gasteiger partial charge in [-0.25, -0.2) is 0 Å². The van der Waals surface area contributed by atoms with Gasteiger partial charge in [-0.1, -0.05) is 0 Å². The molecule has 0 heterocycles. The molecule has 0 bridgehead atoms. The van der Waals surface area contributed by atoms with Crippen LogP contribution in [-0.4, -0.2) is 53.0 Å². The van der Waals surface area contributed by atoms with Crippen molar-refractivity contribution in [2.75, 3.05) is 41.0 Å². The van der Waals surface area contributed by atoms with Crippen LogP contribution in [0.2, 0.25) is 0 Å². The summed E-state index contributed by atoms with van der Waals surface area (Å²) in [6, 6.07) is 0.244. The SMILES string of the molecule is CN=C(NCCOC)NC(C)COC.I. The van der Waals surface area contributed by atoms with Crippen LogP contribution in [0, 0.1) is 0 Å². The van der Waals surface area contributed by atoms with E-state index in [9.17, 15) is 0 Å². The van der Waals surface area contributed by atoms with Gasteiger partial charge in [-0.05, 0) is 6.92 Å². The number of hydrogen-bond acceptors (Lipinski definition) is 3. The Morgan fingerprint density at radius 3 is 2.47 bits per heavy atom. The molecule has 0 fully saturated rings. The number of methoxy groups -OCH3 is 2. The predicted molar refractivity (Wildman–Crippen MR) is 73.1 cm³/mol. The van der Waals surface area contributed by atoms with Gasteiger partial charge >= 0.3 is 0 Å². The summed E-state index contributed by atoms with van der Waals surface area (Å²) in [6.07, 6.45) is 0. The maximum Gasteiger partial charge on any atom is 0.191 e. The molecule has 0 aliphatic rings. The van der Waals surface area contributed by atoms with Crippen LogP contribution in [0.25, 0.3) is 0 Å². The van der Waals surface area contributed by atoms with E-state index in [2.05, 4.69) is 15.6 Å². The predicted octanol–water partition coefficient (Wildman–Crippen LogP) is 0.451. The molecule has 0 radical (unpaired) electrons. The normalized spacial score (nSPS) is 12.9. The lowest BCUT2D eigenvalue weighted by atomic mass is 10.4. The van der Waals surface area contributed by atoms with Crippen LogP contribution in [0.1, 0.15) is 6.92 Å². The molecule has 0 saturated carbocycles. The number of nitrogens with one attached hydrogen (secondary N) is 2. The number of rotatable bonds is 6. The van der Waals surface area contributed by atoms with Gasteiger partial charge in [0, 0.05) is 33.9 Å². The Labute approximate surface area is 109 Å². The molecular weight excluding hydrogens is 309 g/mol. The van der Waals surface area contributed by atoms with Gasteiger partial charge in [-0.15, -0.1) is 24.0 Å². The molecule has 0 aromatic rings. The van der Waals surface area contributed by atoms with Crippen molar-refractivity contribution in [3.63, 3.8) is 0 Å². The van der Waals surface area contributed by atoms with Crippen LogP contribution in [0.15, 0.2) is 4.99 Å². The van der Waals surface area contributed by atoms with Crippen LogP contribution in [0.4, 0.5) is 0 Å². The van der Waals surface area contributed by atoms with Gasteiger partial charge in [-0.2, -0.15) is 0 Å². The number of ether oxygens (including phenoxy) is 2. The minimum Gasteiger partial charge on any atom is -0.383 e. The molecule has 92 valence electrons. The van der Waals surface area contributed by atoms with Gasteiger partial charge in [0.05, 0.1) is 13.2 Å². The first-order valence-electron chi connectivity index (χ1n) is 4.69. The average Bonchev–Trinajstić information content (AvgIpc) is 2.17. The van der Waals surface area contributed by atoms with Crippen LogP contribution >= 0.6 is 24.0 Å². The first-order valence-corrected chi connectivity index (χ1v) is 4.69. The van der Waals surface area contributed by atoms with Crippen molar-refractivity contribution in [3.8, 4) is 0 Å². The highest BCUT2D eigenvalue weighted by Crippen LogP contribution is 1.82. The molecule has 0 saturated heterocycles. The topological polar surface area (TPSA) is 54.9 Å². The van der Waals surface area contributed by atoms with Gasteiger partial charge in [-0.3, -0.25) is 4.99 Å². The number of nitrogens with zero attached hydrogens (tertiary/aromatic N) is 1. The first kappa shape index (κ1) is 17.3. The third kappa shape index (κ3) is 10.2. The second-order valence-electron chi connectivity index (χ2n) is 2.99. The molecule has 0 aliphatic heterocycles. The quantitative estimate of drug-likeness (QED) is 0.321. The van der Waals surface area contributed by atoms with E-state index in [4.69, 9.17) is 9.47 Å². The monoisotopic (exact) mass is 331 g/mol. The Kier molecular flexibility index (Phi) is 13.8. The van der Waals surface area contributed by atoms with Gasteiger partial charge in [0.2, 0.25) is 0 Å². The minimum atomic E-state index is 0. The Hall–Kier alpha value is -0.0800. The zero-order valence-electron chi connectivity index (χ0n) is 9.87. The molecule has 1 unspecified atom stereocenters. The molecule has 0 spiro atoms. The Balaban J connectivity index is 0. The standard InChI is InChI=1S/C9H21N3O2.HI/c1-8(7-14-4)12-9(10-2)11-5-6-13-3;/h8H,5-7H2,1-4H3,(H2,10,11,12);1H. The molecule has 2 N–H and O–H groups in total. The summed E-state index contributed by atoms with van der Waals surface area (Å²) < 4.78 is 9.92. The Bertz CT molecular complexity index is 167. The second-order valence-corrected chi connectivity index (χ2v) is 2.99. The molecule has 5 nitrogen and oxygen atoms in total.